The molecular weight excluding hydrogens is 484 g/mol. The molecule has 1 heterocycles. The zero-order valence-electron chi connectivity index (χ0n) is 22.7. The average Bonchev–Trinajstić information content (AvgIpc) is 2.96. The lowest BCUT2D eigenvalue weighted by atomic mass is 9.83. The molecule has 2 amide bonds. The number of nitrogens with one attached hydrogen (secondary N) is 1. The maximum atomic E-state index is 13.6. The van der Waals surface area contributed by atoms with Gasteiger partial charge in [0, 0.05) is 25.1 Å². The standard InChI is InChI=1S/C30H38N2O6/c1-35-23-12-10-21(11-13-23)28-24(30(34)31-17-16-20-8-6-5-7-9-20)14-15-27(33)32(28)22-18-25(36-2)29(38-4)26(19-22)37-3/h8,10-13,18-19,24,28H,5-7,9,14-17H2,1-4H3,(H,31,34)/t24-,28-/m0/s1. The highest BCUT2D eigenvalue weighted by Gasteiger charge is 2.42. The fourth-order valence-corrected chi connectivity index (χ4v) is 5.47. The molecule has 4 rings (SSSR count). The SMILES string of the molecule is COc1ccc([C@H]2[C@@H](C(=O)NCCC3=CCCCC3)CCC(=O)N2c2cc(OC)c(OC)c(OC)c2)cc1. The molecule has 2 aliphatic rings. The van der Waals surface area contributed by atoms with Gasteiger partial charge < -0.3 is 29.2 Å². The maximum Gasteiger partial charge on any atom is 0.227 e. The van der Waals surface area contributed by atoms with Crippen LogP contribution in [0.15, 0.2) is 48.0 Å². The Bertz CT molecular complexity index is 1130. The number of amides is 2. The second kappa shape index (κ2) is 12.7. The monoisotopic (exact) mass is 522 g/mol. The summed E-state index contributed by atoms with van der Waals surface area (Å²) >= 11 is 0. The van der Waals surface area contributed by atoms with E-state index in [0.717, 1.165) is 24.8 Å². The van der Waals surface area contributed by atoms with E-state index < -0.39 is 12.0 Å². The van der Waals surface area contributed by atoms with Crippen LogP contribution < -0.4 is 29.2 Å². The highest BCUT2D eigenvalue weighted by Crippen LogP contribution is 2.46. The summed E-state index contributed by atoms with van der Waals surface area (Å²) in [6.45, 7) is 0.592. The van der Waals surface area contributed by atoms with Crippen LogP contribution in [0.1, 0.15) is 56.6 Å². The molecule has 1 saturated heterocycles. The van der Waals surface area contributed by atoms with Gasteiger partial charge in [-0.25, -0.2) is 0 Å². The molecule has 0 radical (unpaired) electrons. The van der Waals surface area contributed by atoms with Crippen LogP contribution in [0, 0.1) is 5.92 Å². The zero-order valence-corrected chi connectivity index (χ0v) is 22.7. The first-order valence-electron chi connectivity index (χ1n) is 13.2. The summed E-state index contributed by atoms with van der Waals surface area (Å²) in [5, 5.41) is 3.16. The lowest BCUT2D eigenvalue weighted by molar-refractivity contribution is -0.129. The Hall–Kier alpha value is -3.68. The predicted molar refractivity (Wildman–Crippen MR) is 146 cm³/mol. The molecule has 1 aliphatic heterocycles. The average molecular weight is 523 g/mol. The molecule has 0 unspecified atom stereocenters. The van der Waals surface area contributed by atoms with Gasteiger partial charge in [-0.2, -0.15) is 0 Å². The minimum absolute atomic E-state index is 0.0489. The highest BCUT2D eigenvalue weighted by molar-refractivity contribution is 5.98. The number of allylic oxidation sites excluding steroid dienone is 1. The van der Waals surface area contributed by atoms with Crippen LogP contribution in [-0.2, 0) is 9.59 Å². The molecule has 1 N–H and O–H groups in total. The Labute approximate surface area is 224 Å². The van der Waals surface area contributed by atoms with E-state index in [9.17, 15) is 9.59 Å². The molecule has 2 aromatic rings. The van der Waals surface area contributed by atoms with Crippen molar-refractivity contribution in [3.63, 3.8) is 0 Å². The third-order valence-corrected chi connectivity index (χ3v) is 7.45. The Morgan fingerprint density at radius 3 is 2.24 bits per heavy atom. The van der Waals surface area contributed by atoms with Gasteiger partial charge in [0.25, 0.3) is 0 Å². The minimum Gasteiger partial charge on any atom is -0.497 e. The van der Waals surface area contributed by atoms with E-state index in [4.69, 9.17) is 18.9 Å². The van der Waals surface area contributed by atoms with E-state index in [0.29, 0.717) is 41.7 Å². The fraction of sp³-hybridized carbons (Fsp3) is 0.467. The first kappa shape index (κ1) is 27.4. The third kappa shape index (κ3) is 5.90. The topological polar surface area (TPSA) is 86.3 Å². The lowest BCUT2D eigenvalue weighted by Gasteiger charge is -2.41. The molecular formula is C30H38N2O6. The number of anilines is 1. The minimum atomic E-state index is -0.515. The van der Waals surface area contributed by atoms with Crippen molar-refractivity contribution < 1.29 is 28.5 Å². The molecule has 204 valence electrons. The van der Waals surface area contributed by atoms with E-state index in [2.05, 4.69) is 11.4 Å². The fourth-order valence-electron chi connectivity index (χ4n) is 5.47. The van der Waals surface area contributed by atoms with Crippen LogP contribution in [-0.4, -0.2) is 46.8 Å². The number of benzene rings is 2. The van der Waals surface area contributed by atoms with Crippen LogP contribution in [0.3, 0.4) is 0 Å². The molecule has 1 fully saturated rings. The van der Waals surface area contributed by atoms with Gasteiger partial charge in [-0.3, -0.25) is 9.59 Å². The van der Waals surface area contributed by atoms with E-state index >= 15 is 0 Å². The van der Waals surface area contributed by atoms with Gasteiger partial charge in [-0.1, -0.05) is 23.8 Å². The molecule has 2 atom stereocenters. The van der Waals surface area contributed by atoms with E-state index in [1.807, 2.05) is 24.3 Å². The van der Waals surface area contributed by atoms with Gasteiger partial charge in [0.15, 0.2) is 11.5 Å². The van der Waals surface area contributed by atoms with Crippen molar-refractivity contribution in [1.29, 1.82) is 0 Å². The van der Waals surface area contributed by atoms with Crippen molar-refractivity contribution in [2.45, 2.75) is 51.0 Å². The molecule has 8 heteroatoms. The molecule has 0 aromatic heterocycles. The molecule has 8 nitrogen and oxygen atoms in total. The lowest BCUT2D eigenvalue weighted by Crippen LogP contribution is -2.48. The number of carbonyl (C=O) groups excluding carboxylic acids is 2. The molecule has 2 aromatic carbocycles. The largest absolute Gasteiger partial charge is 0.497 e. The molecule has 0 spiro atoms. The Morgan fingerprint density at radius 2 is 1.66 bits per heavy atom. The van der Waals surface area contributed by atoms with E-state index in [-0.39, 0.29) is 18.2 Å². The van der Waals surface area contributed by atoms with Crippen LogP contribution in [0.25, 0.3) is 0 Å². The Kier molecular flexibility index (Phi) is 9.15. The van der Waals surface area contributed by atoms with Gasteiger partial charge in [0.2, 0.25) is 17.6 Å². The van der Waals surface area contributed by atoms with Gasteiger partial charge in [-0.15, -0.1) is 0 Å². The first-order chi connectivity index (χ1) is 18.5. The number of hydrogen-bond donors (Lipinski definition) is 1. The smallest absolute Gasteiger partial charge is 0.227 e. The summed E-state index contributed by atoms with van der Waals surface area (Å²) < 4.78 is 21.9. The van der Waals surface area contributed by atoms with Crippen molar-refractivity contribution >= 4 is 17.5 Å². The number of ether oxygens (including phenoxy) is 4. The van der Waals surface area contributed by atoms with Gasteiger partial charge in [0.05, 0.1) is 46.1 Å². The van der Waals surface area contributed by atoms with Crippen LogP contribution in [0.2, 0.25) is 0 Å². The number of nitrogens with zero attached hydrogens (tertiary/aromatic N) is 1. The van der Waals surface area contributed by atoms with E-state index in [1.54, 1.807) is 24.1 Å². The van der Waals surface area contributed by atoms with Crippen molar-refractivity contribution in [3.05, 3.63) is 53.6 Å². The molecule has 1 aliphatic carbocycles. The summed E-state index contributed by atoms with van der Waals surface area (Å²) in [6, 6.07) is 10.5. The summed E-state index contributed by atoms with van der Waals surface area (Å²) in [5.74, 6) is 1.47. The van der Waals surface area contributed by atoms with Crippen LogP contribution in [0.4, 0.5) is 5.69 Å². The molecule has 0 bridgehead atoms. The van der Waals surface area contributed by atoms with E-state index in [1.165, 1.54) is 39.7 Å². The summed E-state index contributed by atoms with van der Waals surface area (Å²) in [4.78, 5) is 28.8. The maximum absolute atomic E-state index is 13.6. The number of methoxy groups -OCH3 is 4. The third-order valence-electron chi connectivity index (χ3n) is 7.45. The van der Waals surface area contributed by atoms with Crippen LogP contribution in [0.5, 0.6) is 23.0 Å². The summed E-state index contributed by atoms with van der Waals surface area (Å²) in [6.07, 6.45) is 8.58. The van der Waals surface area contributed by atoms with Crippen molar-refractivity contribution in [1.82, 2.24) is 5.32 Å². The number of carbonyl (C=O) groups is 2. The Balaban J connectivity index is 1.69. The Morgan fingerprint density at radius 1 is 0.947 bits per heavy atom. The number of hydrogen-bond acceptors (Lipinski definition) is 6. The first-order valence-corrected chi connectivity index (χ1v) is 13.2. The van der Waals surface area contributed by atoms with Gasteiger partial charge in [-0.05, 0) is 56.2 Å². The number of piperidine rings is 1. The van der Waals surface area contributed by atoms with Crippen LogP contribution >= 0.6 is 0 Å². The molecule has 38 heavy (non-hydrogen) atoms. The second-order valence-electron chi connectivity index (χ2n) is 9.66. The predicted octanol–water partition coefficient (Wildman–Crippen LogP) is 5.21. The molecule has 0 saturated carbocycles. The number of rotatable bonds is 10. The quantitative estimate of drug-likeness (QED) is 0.431. The normalized spacial score (nSPS) is 19.4. The second-order valence-corrected chi connectivity index (χ2v) is 9.66. The summed E-state index contributed by atoms with van der Waals surface area (Å²) in [5.41, 5.74) is 2.85. The highest BCUT2D eigenvalue weighted by atomic mass is 16.5. The summed E-state index contributed by atoms with van der Waals surface area (Å²) in [7, 11) is 6.23. The van der Waals surface area contributed by atoms with Gasteiger partial charge in [0.1, 0.15) is 5.75 Å². The van der Waals surface area contributed by atoms with Crippen molar-refractivity contribution in [2.24, 2.45) is 5.92 Å². The van der Waals surface area contributed by atoms with Gasteiger partial charge >= 0.3 is 0 Å². The van der Waals surface area contributed by atoms with Crippen molar-refractivity contribution in [2.75, 3.05) is 39.9 Å². The zero-order chi connectivity index (χ0) is 27.1. The van der Waals surface area contributed by atoms with Crippen molar-refractivity contribution in [3.8, 4) is 23.0 Å².